The third kappa shape index (κ3) is 9.53. The second-order valence-electron chi connectivity index (χ2n) is 12.2. The number of amides is 1. The number of ether oxygens (including phenoxy) is 4. The highest BCUT2D eigenvalue weighted by Gasteiger charge is 2.37. The molecule has 1 aliphatic carbocycles. The van der Waals surface area contributed by atoms with Crippen LogP contribution in [0.5, 0.6) is 0 Å². The maximum atomic E-state index is 12.2. The summed E-state index contributed by atoms with van der Waals surface area (Å²) in [7, 11) is 5.67. The van der Waals surface area contributed by atoms with Crippen LogP contribution in [0.25, 0.3) is 0 Å². The summed E-state index contributed by atoms with van der Waals surface area (Å²) in [6.07, 6.45) is 8.30. The number of likely N-dealkylation sites (N-methyl/N-ethyl adjacent to an activating group) is 2. The normalized spacial score (nSPS) is 23.4. The van der Waals surface area contributed by atoms with Gasteiger partial charge in [0.15, 0.2) is 0 Å². The Morgan fingerprint density at radius 3 is 2.49 bits per heavy atom. The van der Waals surface area contributed by atoms with Gasteiger partial charge < -0.3 is 28.7 Å². The number of nitrogens with one attached hydrogen (secondary N) is 1. The predicted molar refractivity (Wildman–Crippen MR) is 144 cm³/mol. The van der Waals surface area contributed by atoms with Crippen molar-refractivity contribution in [1.82, 2.24) is 20.0 Å². The number of H-pyrrole nitrogens is 1. The minimum atomic E-state index is -0.485. The Bertz CT molecular complexity index is 810. The highest BCUT2D eigenvalue weighted by molar-refractivity contribution is 5.67. The third-order valence-corrected chi connectivity index (χ3v) is 7.70. The second-order valence-corrected chi connectivity index (χ2v) is 12.2. The van der Waals surface area contributed by atoms with Gasteiger partial charge in [-0.2, -0.15) is 5.10 Å². The number of aromatic nitrogens is 2. The first-order valence-electron chi connectivity index (χ1n) is 13.9. The Hall–Kier alpha value is -1.68. The molecule has 0 spiro atoms. The lowest BCUT2D eigenvalue weighted by Gasteiger charge is -2.39. The first-order chi connectivity index (χ1) is 17.6. The Kier molecular flexibility index (Phi) is 11.2. The van der Waals surface area contributed by atoms with Gasteiger partial charge in [-0.15, -0.1) is 0 Å². The molecule has 37 heavy (non-hydrogen) atoms. The number of aromatic amines is 1. The average Bonchev–Trinajstić information content (AvgIpc) is 3.30. The molecular formula is C28H50N4O5. The molecule has 1 aromatic rings. The minimum absolute atomic E-state index is 0.0932. The van der Waals surface area contributed by atoms with Crippen LogP contribution in [0, 0.1) is 11.3 Å². The van der Waals surface area contributed by atoms with Crippen molar-refractivity contribution in [3.05, 3.63) is 17.5 Å². The summed E-state index contributed by atoms with van der Waals surface area (Å²) in [6, 6.07) is 0. The van der Waals surface area contributed by atoms with Crippen molar-refractivity contribution in [1.29, 1.82) is 0 Å². The molecule has 1 saturated carbocycles. The molecule has 0 radical (unpaired) electrons. The number of methoxy groups -OCH3 is 1. The van der Waals surface area contributed by atoms with E-state index in [4.69, 9.17) is 18.9 Å². The fourth-order valence-corrected chi connectivity index (χ4v) is 5.42. The van der Waals surface area contributed by atoms with Gasteiger partial charge in [0, 0.05) is 76.7 Å². The summed E-state index contributed by atoms with van der Waals surface area (Å²) < 4.78 is 22.8. The van der Waals surface area contributed by atoms with Crippen LogP contribution < -0.4 is 0 Å². The Morgan fingerprint density at radius 2 is 1.84 bits per heavy atom. The molecule has 0 unspecified atom stereocenters. The summed E-state index contributed by atoms with van der Waals surface area (Å²) in [4.78, 5) is 16.1. The molecule has 9 nitrogen and oxygen atoms in total. The quantitative estimate of drug-likeness (QED) is 0.434. The molecule has 0 bridgehead atoms. The third-order valence-electron chi connectivity index (χ3n) is 7.70. The van der Waals surface area contributed by atoms with E-state index < -0.39 is 5.60 Å². The van der Waals surface area contributed by atoms with Crippen LogP contribution >= 0.6 is 0 Å². The highest BCUT2D eigenvalue weighted by Crippen LogP contribution is 2.44. The maximum Gasteiger partial charge on any atom is 0.410 e. The van der Waals surface area contributed by atoms with Gasteiger partial charge in [0.2, 0.25) is 0 Å². The predicted octanol–water partition coefficient (Wildman–Crippen LogP) is 4.44. The molecule has 9 heteroatoms. The lowest BCUT2D eigenvalue weighted by atomic mass is 9.70. The number of rotatable bonds is 12. The summed E-state index contributed by atoms with van der Waals surface area (Å²) in [5.41, 5.74) is 2.03. The molecule has 1 aliphatic heterocycles. The lowest BCUT2D eigenvalue weighted by Crippen LogP contribution is -2.38. The van der Waals surface area contributed by atoms with Crippen molar-refractivity contribution in [2.75, 3.05) is 67.3 Å². The highest BCUT2D eigenvalue weighted by atomic mass is 16.6. The smallest absolute Gasteiger partial charge is 0.410 e. The van der Waals surface area contributed by atoms with E-state index in [1.54, 1.807) is 19.1 Å². The molecule has 0 aromatic carbocycles. The number of carbonyl (C=O) groups excluding carboxylic acids is 1. The summed E-state index contributed by atoms with van der Waals surface area (Å²) in [5.74, 6) is 1.07. The van der Waals surface area contributed by atoms with E-state index in [1.807, 2.05) is 27.0 Å². The Morgan fingerprint density at radius 1 is 1.14 bits per heavy atom. The van der Waals surface area contributed by atoms with Crippen LogP contribution in [0.15, 0.2) is 6.20 Å². The van der Waals surface area contributed by atoms with Crippen LogP contribution in [0.2, 0.25) is 0 Å². The van der Waals surface area contributed by atoms with Gasteiger partial charge in [0.25, 0.3) is 0 Å². The van der Waals surface area contributed by atoms with E-state index in [1.165, 1.54) is 11.3 Å². The molecule has 212 valence electrons. The number of hydrogen-bond donors (Lipinski definition) is 1. The van der Waals surface area contributed by atoms with E-state index in [2.05, 4.69) is 22.1 Å². The van der Waals surface area contributed by atoms with Crippen molar-refractivity contribution in [2.24, 2.45) is 11.3 Å². The molecule has 0 atom stereocenters. The monoisotopic (exact) mass is 522 g/mol. The fourth-order valence-electron chi connectivity index (χ4n) is 5.42. The van der Waals surface area contributed by atoms with Gasteiger partial charge in [-0.3, -0.25) is 5.10 Å². The molecule has 1 aromatic heterocycles. The molecule has 2 fully saturated rings. The average molecular weight is 523 g/mol. The topological polar surface area (TPSA) is 89.2 Å². The van der Waals surface area contributed by atoms with Crippen molar-refractivity contribution in [3.8, 4) is 0 Å². The van der Waals surface area contributed by atoms with Crippen LogP contribution in [-0.2, 0) is 25.5 Å². The first kappa shape index (κ1) is 29.9. The van der Waals surface area contributed by atoms with Gasteiger partial charge in [0.05, 0.1) is 18.9 Å². The summed E-state index contributed by atoms with van der Waals surface area (Å²) in [6.45, 7) is 11.9. The maximum absolute atomic E-state index is 12.2. The molecule has 3 rings (SSSR count). The van der Waals surface area contributed by atoms with Crippen molar-refractivity contribution >= 4 is 6.09 Å². The van der Waals surface area contributed by atoms with Crippen molar-refractivity contribution < 1.29 is 23.7 Å². The zero-order valence-electron chi connectivity index (χ0n) is 24.0. The standard InChI is InChI=1S/C28H50N4O5/c1-27(2,3)37-26(33)32(5)14-13-31(4)18-24-17-29-30-25(24)23-7-11-28(12-8-23,20-34-6)21-36-19-22-9-15-35-16-10-22/h17,22-23H,7-16,18-21H2,1-6H3,(H,29,30). The summed E-state index contributed by atoms with van der Waals surface area (Å²) >= 11 is 0. The van der Waals surface area contributed by atoms with Crippen LogP contribution in [-0.4, -0.2) is 99.0 Å². The number of carbonyl (C=O) groups is 1. The molecule has 1 saturated heterocycles. The zero-order chi connectivity index (χ0) is 26.9. The minimum Gasteiger partial charge on any atom is -0.444 e. The Balaban J connectivity index is 1.47. The van der Waals surface area contributed by atoms with Gasteiger partial charge in [-0.1, -0.05) is 0 Å². The lowest BCUT2D eigenvalue weighted by molar-refractivity contribution is -0.0513. The van der Waals surface area contributed by atoms with Crippen LogP contribution in [0.1, 0.15) is 76.5 Å². The van der Waals surface area contributed by atoms with E-state index >= 15 is 0 Å². The second kappa shape index (κ2) is 13.9. The van der Waals surface area contributed by atoms with E-state index in [0.29, 0.717) is 18.4 Å². The van der Waals surface area contributed by atoms with Gasteiger partial charge in [0.1, 0.15) is 5.60 Å². The van der Waals surface area contributed by atoms with Gasteiger partial charge in [-0.05, 0) is 72.3 Å². The van der Waals surface area contributed by atoms with Crippen molar-refractivity contribution in [2.45, 2.75) is 77.4 Å². The Labute approximate surface area is 223 Å². The molecular weight excluding hydrogens is 472 g/mol. The van der Waals surface area contributed by atoms with E-state index in [-0.39, 0.29) is 11.5 Å². The molecule has 2 heterocycles. The van der Waals surface area contributed by atoms with E-state index in [9.17, 15) is 4.79 Å². The zero-order valence-corrected chi connectivity index (χ0v) is 24.0. The van der Waals surface area contributed by atoms with Crippen molar-refractivity contribution in [3.63, 3.8) is 0 Å². The first-order valence-corrected chi connectivity index (χ1v) is 13.9. The number of hydrogen-bond acceptors (Lipinski definition) is 7. The molecule has 2 aliphatic rings. The van der Waals surface area contributed by atoms with Gasteiger partial charge >= 0.3 is 6.09 Å². The van der Waals surface area contributed by atoms with E-state index in [0.717, 1.165) is 84.6 Å². The summed E-state index contributed by atoms with van der Waals surface area (Å²) in [5, 5.41) is 7.77. The number of nitrogens with zero attached hydrogens (tertiary/aromatic N) is 3. The largest absolute Gasteiger partial charge is 0.444 e. The fraction of sp³-hybridized carbons (Fsp3) is 0.857. The van der Waals surface area contributed by atoms with Gasteiger partial charge in [-0.25, -0.2) is 4.79 Å². The molecule has 1 amide bonds. The van der Waals surface area contributed by atoms with Crippen LogP contribution in [0.4, 0.5) is 4.79 Å². The molecule has 1 N–H and O–H groups in total. The van der Waals surface area contributed by atoms with Crippen LogP contribution in [0.3, 0.4) is 0 Å². The SMILES string of the molecule is COCC1(COCC2CCOCC2)CCC(c2n[nH]cc2CN(C)CCN(C)C(=O)OC(C)(C)C)CC1.